The molecule has 2 atom stereocenters. The number of nitrogens with one attached hydrogen (secondary N) is 2. The fraction of sp³-hybridized carbons (Fsp3) is 0.464. The van der Waals surface area contributed by atoms with Crippen molar-refractivity contribution in [2.75, 3.05) is 6.61 Å². The zero-order chi connectivity index (χ0) is 24.6. The van der Waals surface area contributed by atoms with Crippen molar-refractivity contribution >= 4 is 18.0 Å². The van der Waals surface area contributed by atoms with Crippen LogP contribution < -0.4 is 10.6 Å². The first-order valence-electron chi connectivity index (χ1n) is 12.5. The zero-order valence-electron chi connectivity index (χ0n) is 20.0. The first-order valence-corrected chi connectivity index (χ1v) is 12.5. The van der Waals surface area contributed by atoms with E-state index in [2.05, 4.69) is 34.9 Å². The van der Waals surface area contributed by atoms with Gasteiger partial charge in [-0.3, -0.25) is 9.59 Å². The number of carbonyl (C=O) groups is 3. The fourth-order valence-electron chi connectivity index (χ4n) is 5.39. The predicted octanol–water partition coefficient (Wildman–Crippen LogP) is 4.45. The molecule has 0 bridgehead atoms. The van der Waals surface area contributed by atoms with Gasteiger partial charge in [0.15, 0.2) is 0 Å². The van der Waals surface area contributed by atoms with Crippen molar-refractivity contribution in [1.82, 2.24) is 10.6 Å². The number of fused-ring (bicyclic) bond motifs is 3. The van der Waals surface area contributed by atoms with E-state index in [1.165, 1.54) is 0 Å². The third-order valence-electron chi connectivity index (χ3n) is 7.62. The standard InChI is InChI=1S/C28H32N2O5/c1-28(15-25(31)32,18-12-13-18)30-26(33)24(14-17-10-11-17)29-27(34)35-16-23-21-8-4-2-6-19(21)20-7-3-5-9-22(20)23/h2-9,17-18,23-24H,10-16H2,1H3,(H,29,34)(H,30,33)(H,31,32)/t24-,28?/m0/s1. The summed E-state index contributed by atoms with van der Waals surface area (Å²) in [5, 5.41) is 15.1. The van der Waals surface area contributed by atoms with Crippen LogP contribution in [0, 0.1) is 11.8 Å². The first kappa shape index (κ1) is 23.4. The van der Waals surface area contributed by atoms with E-state index in [0.717, 1.165) is 47.9 Å². The normalized spacial score (nSPS) is 19.1. The van der Waals surface area contributed by atoms with Crippen LogP contribution in [0.5, 0.6) is 0 Å². The highest BCUT2D eigenvalue weighted by atomic mass is 16.5. The van der Waals surface area contributed by atoms with Gasteiger partial charge in [-0.05, 0) is 60.3 Å². The Morgan fingerprint density at radius 2 is 1.60 bits per heavy atom. The Bertz CT molecular complexity index is 1090. The number of hydrogen-bond acceptors (Lipinski definition) is 4. The van der Waals surface area contributed by atoms with Crippen molar-refractivity contribution in [3.8, 4) is 11.1 Å². The van der Waals surface area contributed by atoms with E-state index in [1.54, 1.807) is 6.92 Å². The highest BCUT2D eigenvalue weighted by Crippen LogP contribution is 2.44. The van der Waals surface area contributed by atoms with Crippen LogP contribution in [0.4, 0.5) is 4.79 Å². The van der Waals surface area contributed by atoms with Gasteiger partial charge in [0.05, 0.1) is 12.0 Å². The minimum atomic E-state index is -0.942. The number of carboxylic acid groups (broad SMARTS) is 1. The number of carboxylic acids is 1. The molecular formula is C28H32N2O5. The Morgan fingerprint density at radius 1 is 1.00 bits per heavy atom. The Kier molecular flexibility index (Phi) is 6.26. The molecule has 184 valence electrons. The summed E-state index contributed by atoms with van der Waals surface area (Å²) in [6.45, 7) is 1.97. The molecule has 2 saturated carbocycles. The molecule has 2 aromatic rings. The summed E-state index contributed by atoms with van der Waals surface area (Å²) in [6, 6.07) is 15.5. The summed E-state index contributed by atoms with van der Waals surface area (Å²) in [4.78, 5) is 37.4. The number of hydrogen-bond donors (Lipinski definition) is 3. The summed E-state index contributed by atoms with van der Waals surface area (Å²) in [6.07, 6.45) is 3.64. The maximum absolute atomic E-state index is 13.2. The van der Waals surface area contributed by atoms with Gasteiger partial charge >= 0.3 is 12.1 Å². The van der Waals surface area contributed by atoms with Crippen molar-refractivity contribution < 1.29 is 24.2 Å². The summed E-state index contributed by atoms with van der Waals surface area (Å²) in [7, 11) is 0. The van der Waals surface area contributed by atoms with Gasteiger partial charge in [-0.15, -0.1) is 0 Å². The summed E-state index contributed by atoms with van der Waals surface area (Å²) < 4.78 is 5.65. The van der Waals surface area contributed by atoms with Gasteiger partial charge in [0.1, 0.15) is 12.6 Å². The minimum absolute atomic E-state index is 0.0578. The number of alkyl carbamates (subject to hydrolysis) is 1. The lowest BCUT2D eigenvalue weighted by molar-refractivity contribution is -0.139. The van der Waals surface area contributed by atoms with Crippen molar-refractivity contribution in [3.63, 3.8) is 0 Å². The van der Waals surface area contributed by atoms with Crippen LogP contribution in [-0.2, 0) is 14.3 Å². The van der Waals surface area contributed by atoms with Crippen molar-refractivity contribution in [2.24, 2.45) is 11.8 Å². The fourth-order valence-corrected chi connectivity index (χ4v) is 5.39. The lowest BCUT2D eigenvalue weighted by Crippen LogP contribution is -2.56. The number of ether oxygens (including phenoxy) is 1. The van der Waals surface area contributed by atoms with Gasteiger partial charge in [0, 0.05) is 5.92 Å². The molecule has 35 heavy (non-hydrogen) atoms. The van der Waals surface area contributed by atoms with Gasteiger partial charge in [-0.25, -0.2) is 4.79 Å². The van der Waals surface area contributed by atoms with Gasteiger partial charge in [0.2, 0.25) is 5.91 Å². The summed E-state index contributed by atoms with van der Waals surface area (Å²) in [5.41, 5.74) is 3.75. The molecule has 5 rings (SSSR count). The molecule has 0 spiro atoms. The number of rotatable bonds is 10. The molecule has 0 aromatic heterocycles. The molecule has 3 aliphatic carbocycles. The van der Waals surface area contributed by atoms with Gasteiger partial charge in [-0.1, -0.05) is 61.4 Å². The zero-order valence-corrected chi connectivity index (χ0v) is 20.0. The van der Waals surface area contributed by atoms with Gasteiger partial charge < -0.3 is 20.5 Å². The maximum atomic E-state index is 13.2. The van der Waals surface area contributed by atoms with E-state index in [-0.39, 0.29) is 30.8 Å². The third kappa shape index (κ3) is 5.19. The Hall–Kier alpha value is -3.35. The van der Waals surface area contributed by atoms with Crippen LogP contribution in [0.15, 0.2) is 48.5 Å². The number of carbonyl (C=O) groups excluding carboxylic acids is 2. The van der Waals surface area contributed by atoms with Crippen molar-refractivity contribution in [3.05, 3.63) is 59.7 Å². The molecule has 0 aliphatic heterocycles. The van der Waals surface area contributed by atoms with E-state index in [9.17, 15) is 19.5 Å². The maximum Gasteiger partial charge on any atom is 0.407 e. The third-order valence-corrected chi connectivity index (χ3v) is 7.62. The molecule has 2 aromatic carbocycles. The van der Waals surface area contributed by atoms with E-state index in [0.29, 0.717) is 12.3 Å². The second kappa shape index (κ2) is 9.36. The Balaban J connectivity index is 1.24. The number of aliphatic carboxylic acids is 1. The van der Waals surface area contributed by atoms with E-state index in [1.807, 2.05) is 24.3 Å². The molecule has 3 aliphatic rings. The average molecular weight is 477 g/mol. The van der Waals surface area contributed by atoms with E-state index >= 15 is 0 Å². The molecule has 1 unspecified atom stereocenters. The molecule has 3 N–H and O–H groups in total. The number of benzene rings is 2. The summed E-state index contributed by atoms with van der Waals surface area (Å²) >= 11 is 0. The monoisotopic (exact) mass is 476 g/mol. The largest absolute Gasteiger partial charge is 0.481 e. The molecule has 7 nitrogen and oxygen atoms in total. The smallest absolute Gasteiger partial charge is 0.407 e. The van der Waals surface area contributed by atoms with Crippen LogP contribution in [-0.4, -0.2) is 41.3 Å². The second-order valence-corrected chi connectivity index (χ2v) is 10.5. The molecule has 7 heteroatoms. The molecule has 2 fully saturated rings. The van der Waals surface area contributed by atoms with Crippen molar-refractivity contribution in [2.45, 2.75) is 62.9 Å². The quantitative estimate of drug-likeness (QED) is 0.470. The number of amides is 2. The molecule has 0 heterocycles. The molecule has 0 saturated heterocycles. The Morgan fingerprint density at radius 3 is 2.14 bits per heavy atom. The van der Waals surface area contributed by atoms with Crippen LogP contribution in [0.2, 0.25) is 0 Å². The lowest BCUT2D eigenvalue weighted by atomic mass is 9.91. The van der Waals surface area contributed by atoms with Crippen LogP contribution in [0.1, 0.15) is 62.5 Å². The lowest BCUT2D eigenvalue weighted by Gasteiger charge is -2.31. The topological polar surface area (TPSA) is 105 Å². The van der Waals surface area contributed by atoms with E-state index < -0.39 is 23.6 Å². The van der Waals surface area contributed by atoms with Gasteiger partial charge in [-0.2, -0.15) is 0 Å². The highest BCUT2D eigenvalue weighted by molar-refractivity contribution is 5.87. The molecule has 2 amide bonds. The Labute approximate surface area is 205 Å². The average Bonchev–Trinajstić information content (AvgIpc) is 3.74. The summed E-state index contributed by atoms with van der Waals surface area (Å²) in [5.74, 6) is -0.786. The van der Waals surface area contributed by atoms with Crippen LogP contribution >= 0.6 is 0 Å². The SMILES string of the molecule is CC(CC(=O)O)(NC(=O)[C@H](CC1CC1)NC(=O)OCC1c2ccccc2-c2ccccc21)C1CC1. The first-order chi connectivity index (χ1) is 16.8. The minimum Gasteiger partial charge on any atom is -0.481 e. The molecular weight excluding hydrogens is 444 g/mol. The predicted molar refractivity (Wildman–Crippen MR) is 131 cm³/mol. The van der Waals surface area contributed by atoms with Crippen molar-refractivity contribution in [1.29, 1.82) is 0 Å². The second-order valence-electron chi connectivity index (χ2n) is 10.5. The van der Waals surface area contributed by atoms with Gasteiger partial charge in [0.25, 0.3) is 0 Å². The van der Waals surface area contributed by atoms with Crippen LogP contribution in [0.3, 0.4) is 0 Å². The van der Waals surface area contributed by atoms with E-state index in [4.69, 9.17) is 4.74 Å². The molecule has 0 radical (unpaired) electrons. The van der Waals surface area contributed by atoms with Crippen LogP contribution in [0.25, 0.3) is 11.1 Å². The highest BCUT2D eigenvalue weighted by Gasteiger charge is 2.45.